The van der Waals surface area contributed by atoms with Crippen LogP contribution in [0, 0.1) is 0 Å². The molecule has 0 bridgehead atoms. The van der Waals surface area contributed by atoms with E-state index in [2.05, 4.69) is 5.73 Å². The number of likely N-dealkylation sites (tertiary alicyclic amines) is 1. The number of quaternary nitrogens is 1. The van der Waals surface area contributed by atoms with Crippen molar-refractivity contribution in [2.45, 2.75) is 12.8 Å². The lowest BCUT2D eigenvalue weighted by atomic mass is 10.4. The first-order chi connectivity index (χ1) is 4.34. The van der Waals surface area contributed by atoms with Crippen LogP contribution in [0.5, 0.6) is 0 Å². The molecule has 0 aromatic heterocycles. The van der Waals surface area contributed by atoms with Crippen molar-refractivity contribution in [2.75, 3.05) is 19.6 Å². The zero-order chi connectivity index (χ0) is 6.69. The molecule has 0 aliphatic carbocycles. The van der Waals surface area contributed by atoms with Crippen LogP contribution in [0.2, 0.25) is 0 Å². The summed E-state index contributed by atoms with van der Waals surface area (Å²) in [5.74, 6) is 0.201. The monoisotopic (exact) mass is 129 g/mol. The van der Waals surface area contributed by atoms with Crippen LogP contribution in [0.1, 0.15) is 12.8 Å². The van der Waals surface area contributed by atoms with Crippen molar-refractivity contribution in [1.29, 1.82) is 0 Å². The Morgan fingerprint density at radius 1 is 1.44 bits per heavy atom. The number of rotatable bonds is 1. The second-order valence-electron chi connectivity index (χ2n) is 2.34. The van der Waals surface area contributed by atoms with Crippen LogP contribution >= 0.6 is 0 Å². The molecule has 9 heavy (non-hydrogen) atoms. The highest BCUT2D eigenvalue weighted by atomic mass is 16.2. The average Bonchev–Trinajstić information content (AvgIpc) is 2.37. The Balaban J connectivity index is 2.32. The predicted octanol–water partition coefficient (Wildman–Crippen LogP) is -1.15. The summed E-state index contributed by atoms with van der Waals surface area (Å²) in [5, 5.41) is 0. The summed E-state index contributed by atoms with van der Waals surface area (Å²) < 4.78 is 0. The lowest BCUT2D eigenvalue weighted by Crippen LogP contribution is -2.57. The Morgan fingerprint density at radius 3 is 2.44 bits per heavy atom. The minimum atomic E-state index is 0.201. The highest BCUT2D eigenvalue weighted by Crippen LogP contribution is 2.05. The van der Waals surface area contributed by atoms with Crippen molar-refractivity contribution in [3.63, 3.8) is 0 Å². The average molecular weight is 129 g/mol. The lowest BCUT2D eigenvalue weighted by molar-refractivity contribution is -0.356. The van der Waals surface area contributed by atoms with Gasteiger partial charge >= 0.3 is 0 Å². The zero-order valence-electron chi connectivity index (χ0n) is 5.60. The highest BCUT2D eigenvalue weighted by Gasteiger charge is 2.16. The molecule has 1 fully saturated rings. The van der Waals surface area contributed by atoms with Gasteiger partial charge in [0.1, 0.15) is 0 Å². The molecular formula is C6H13N2O+. The molecule has 0 atom stereocenters. The Bertz CT molecular complexity index is 108. The number of carbonyl (C=O) groups is 1. The van der Waals surface area contributed by atoms with Crippen molar-refractivity contribution in [1.82, 2.24) is 4.90 Å². The second kappa shape index (κ2) is 2.82. The standard InChI is InChI=1S/C6H12N2O/c7-5-6(9)8-3-1-2-4-8/h1-5,7H2/p+1. The summed E-state index contributed by atoms with van der Waals surface area (Å²) in [7, 11) is 0. The van der Waals surface area contributed by atoms with E-state index in [0.717, 1.165) is 13.1 Å². The molecule has 1 aliphatic heterocycles. The molecule has 0 spiro atoms. The van der Waals surface area contributed by atoms with Gasteiger partial charge < -0.3 is 10.6 Å². The third-order valence-corrected chi connectivity index (χ3v) is 1.67. The third-order valence-electron chi connectivity index (χ3n) is 1.67. The van der Waals surface area contributed by atoms with E-state index in [1.54, 1.807) is 0 Å². The van der Waals surface area contributed by atoms with Crippen LogP contribution in [0.4, 0.5) is 0 Å². The summed E-state index contributed by atoms with van der Waals surface area (Å²) in [6.45, 7) is 2.32. The smallest absolute Gasteiger partial charge is 0.277 e. The van der Waals surface area contributed by atoms with Gasteiger partial charge in [-0.1, -0.05) is 0 Å². The summed E-state index contributed by atoms with van der Waals surface area (Å²) in [4.78, 5) is 12.8. The van der Waals surface area contributed by atoms with E-state index in [9.17, 15) is 4.79 Å². The maximum Gasteiger partial charge on any atom is 0.277 e. The molecule has 0 unspecified atom stereocenters. The molecule has 3 N–H and O–H groups in total. The first-order valence-corrected chi connectivity index (χ1v) is 3.41. The van der Waals surface area contributed by atoms with Crippen LogP contribution in [-0.2, 0) is 4.79 Å². The Kier molecular flexibility index (Phi) is 2.05. The topological polar surface area (TPSA) is 48.0 Å². The van der Waals surface area contributed by atoms with E-state index in [-0.39, 0.29) is 5.91 Å². The van der Waals surface area contributed by atoms with Gasteiger partial charge in [-0.25, -0.2) is 0 Å². The Labute approximate surface area is 54.8 Å². The quantitative estimate of drug-likeness (QED) is 0.477. The van der Waals surface area contributed by atoms with E-state index >= 15 is 0 Å². The number of nitrogens with zero attached hydrogens (tertiary/aromatic N) is 1. The summed E-state index contributed by atoms with van der Waals surface area (Å²) >= 11 is 0. The van der Waals surface area contributed by atoms with Gasteiger partial charge in [-0.3, -0.25) is 4.79 Å². The van der Waals surface area contributed by atoms with Crippen molar-refractivity contribution in [3.8, 4) is 0 Å². The van der Waals surface area contributed by atoms with Crippen LogP contribution < -0.4 is 5.73 Å². The summed E-state index contributed by atoms with van der Waals surface area (Å²) in [6, 6.07) is 0. The largest absolute Gasteiger partial charge is 0.350 e. The lowest BCUT2D eigenvalue weighted by Gasteiger charge is -2.11. The maximum atomic E-state index is 10.9. The molecule has 1 amide bonds. The van der Waals surface area contributed by atoms with E-state index in [1.165, 1.54) is 12.8 Å². The van der Waals surface area contributed by atoms with Gasteiger partial charge in [0.15, 0.2) is 6.54 Å². The van der Waals surface area contributed by atoms with Crippen molar-refractivity contribution < 1.29 is 10.5 Å². The molecule has 3 nitrogen and oxygen atoms in total. The molecule has 0 radical (unpaired) electrons. The number of hydrogen-bond acceptors (Lipinski definition) is 1. The molecule has 0 saturated carbocycles. The highest BCUT2D eigenvalue weighted by molar-refractivity contribution is 5.77. The van der Waals surface area contributed by atoms with Gasteiger partial charge in [-0.2, -0.15) is 0 Å². The van der Waals surface area contributed by atoms with Crippen molar-refractivity contribution >= 4 is 5.91 Å². The fourth-order valence-corrected chi connectivity index (χ4v) is 1.12. The molecular weight excluding hydrogens is 116 g/mol. The van der Waals surface area contributed by atoms with Crippen molar-refractivity contribution in [3.05, 3.63) is 0 Å². The van der Waals surface area contributed by atoms with Crippen LogP contribution in [-0.4, -0.2) is 30.4 Å². The second-order valence-corrected chi connectivity index (χ2v) is 2.34. The fraction of sp³-hybridized carbons (Fsp3) is 0.833. The number of amides is 1. The minimum Gasteiger partial charge on any atom is -0.350 e. The zero-order valence-corrected chi connectivity index (χ0v) is 5.60. The maximum absolute atomic E-state index is 10.9. The summed E-state index contributed by atoms with van der Waals surface area (Å²) in [6.07, 6.45) is 2.34. The minimum absolute atomic E-state index is 0.201. The van der Waals surface area contributed by atoms with Gasteiger partial charge in [0.25, 0.3) is 5.91 Å². The Morgan fingerprint density at radius 2 is 2.00 bits per heavy atom. The van der Waals surface area contributed by atoms with Crippen LogP contribution in [0.25, 0.3) is 0 Å². The summed E-state index contributed by atoms with van der Waals surface area (Å²) in [5.41, 5.74) is 3.54. The van der Waals surface area contributed by atoms with E-state index in [1.807, 2.05) is 4.90 Å². The van der Waals surface area contributed by atoms with E-state index in [0.29, 0.717) is 6.54 Å². The molecule has 1 heterocycles. The molecule has 0 aromatic carbocycles. The van der Waals surface area contributed by atoms with Gasteiger partial charge in [-0.15, -0.1) is 0 Å². The fourth-order valence-electron chi connectivity index (χ4n) is 1.12. The van der Waals surface area contributed by atoms with Crippen LogP contribution in [0.15, 0.2) is 0 Å². The third kappa shape index (κ3) is 1.42. The van der Waals surface area contributed by atoms with Gasteiger partial charge in [0, 0.05) is 13.1 Å². The molecule has 0 aromatic rings. The van der Waals surface area contributed by atoms with Crippen molar-refractivity contribution in [2.24, 2.45) is 0 Å². The first-order valence-electron chi connectivity index (χ1n) is 3.41. The SMILES string of the molecule is [NH3+]CC(=O)N1CCCC1. The first kappa shape index (κ1) is 6.55. The molecule has 3 heteroatoms. The normalized spacial score (nSPS) is 18.6. The van der Waals surface area contributed by atoms with E-state index < -0.39 is 0 Å². The van der Waals surface area contributed by atoms with Gasteiger partial charge in [-0.05, 0) is 12.8 Å². The molecule has 52 valence electrons. The van der Waals surface area contributed by atoms with Crippen LogP contribution in [0.3, 0.4) is 0 Å². The number of hydrogen-bond donors (Lipinski definition) is 1. The van der Waals surface area contributed by atoms with E-state index in [4.69, 9.17) is 0 Å². The molecule has 1 saturated heterocycles. The predicted molar refractivity (Wildman–Crippen MR) is 33.6 cm³/mol. The Hall–Kier alpha value is -0.570. The van der Waals surface area contributed by atoms with Gasteiger partial charge in [0.2, 0.25) is 0 Å². The number of carbonyl (C=O) groups excluding carboxylic acids is 1. The van der Waals surface area contributed by atoms with Gasteiger partial charge in [0.05, 0.1) is 0 Å². The molecule has 1 rings (SSSR count). The molecule has 1 aliphatic rings.